The van der Waals surface area contributed by atoms with Crippen molar-refractivity contribution in [1.29, 1.82) is 0 Å². The number of benzene rings is 3. The van der Waals surface area contributed by atoms with Gasteiger partial charge in [0.25, 0.3) is 5.91 Å². The van der Waals surface area contributed by atoms with Gasteiger partial charge in [-0.05, 0) is 24.3 Å². The predicted molar refractivity (Wildman–Crippen MR) is 98.5 cm³/mol. The van der Waals surface area contributed by atoms with Gasteiger partial charge in [0.05, 0.1) is 5.69 Å². The van der Waals surface area contributed by atoms with Crippen molar-refractivity contribution in [2.75, 3.05) is 5.32 Å². The summed E-state index contributed by atoms with van der Waals surface area (Å²) >= 11 is 0. The van der Waals surface area contributed by atoms with Crippen molar-refractivity contribution >= 4 is 17.4 Å². The van der Waals surface area contributed by atoms with Gasteiger partial charge in [0.2, 0.25) is 5.78 Å². The lowest BCUT2D eigenvalue weighted by Gasteiger charge is -2.21. The van der Waals surface area contributed by atoms with Crippen molar-refractivity contribution < 1.29 is 14.0 Å². The van der Waals surface area contributed by atoms with Crippen LogP contribution < -0.4 is 10.6 Å². The zero-order chi connectivity index (χ0) is 18.4. The van der Waals surface area contributed by atoms with Gasteiger partial charge in [-0.15, -0.1) is 0 Å². The maximum atomic E-state index is 14.0. The Morgan fingerprint density at radius 1 is 0.731 bits per heavy atom. The van der Waals surface area contributed by atoms with Crippen LogP contribution in [0.1, 0.15) is 20.7 Å². The van der Waals surface area contributed by atoms with Gasteiger partial charge >= 0.3 is 0 Å². The first-order chi connectivity index (χ1) is 12.6. The molecule has 3 rings (SSSR count). The molecule has 0 radical (unpaired) electrons. The topological polar surface area (TPSA) is 58.2 Å². The van der Waals surface area contributed by atoms with Gasteiger partial charge < -0.3 is 10.6 Å². The summed E-state index contributed by atoms with van der Waals surface area (Å²) in [5, 5.41) is 5.43. The monoisotopic (exact) mass is 348 g/mol. The molecule has 0 aromatic heterocycles. The largest absolute Gasteiger partial charge is 0.356 e. The van der Waals surface area contributed by atoms with E-state index in [1.807, 2.05) is 0 Å². The van der Waals surface area contributed by atoms with Crippen molar-refractivity contribution in [2.45, 2.75) is 6.17 Å². The average Bonchev–Trinajstić information content (AvgIpc) is 2.70. The maximum Gasteiger partial charge on any atom is 0.253 e. The highest BCUT2D eigenvalue weighted by molar-refractivity contribution is 6.05. The molecule has 0 saturated carbocycles. The number of carbonyl (C=O) groups excluding carboxylic acids is 2. The minimum atomic E-state index is -1.11. The quantitative estimate of drug-likeness (QED) is 0.525. The number of hydrogen-bond donors (Lipinski definition) is 2. The van der Waals surface area contributed by atoms with Crippen LogP contribution in [0.5, 0.6) is 0 Å². The molecule has 0 spiro atoms. The normalized spacial score (nSPS) is 11.4. The summed E-state index contributed by atoms with van der Waals surface area (Å²) in [6, 6.07) is 23.1. The number of Topliss-reactive ketones (excluding diaryl/α,β-unsaturated/α-hetero) is 1. The summed E-state index contributed by atoms with van der Waals surface area (Å²) in [5.74, 6) is -1.30. The van der Waals surface area contributed by atoms with Gasteiger partial charge in [-0.25, -0.2) is 4.39 Å². The fourth-order valence-corrected chi connectivity index (χ4v) is 2.47. The molecule has 3 aromatic carbocycles. The molecule has 26 heavy (non-hydrogen) atoms. The van der Waals surface area contributed by atoms with Crippen LogP contribution in [0.3, 0.4) is 0 Å². The Hall–Kier alpha value is -3.47. The van der Waals surface area contributed by atoms with Crippen molar-refractivity contribution in [1.82, 2.24) is 5.32 Å². The predicted octanol–water partition coefficient (Wildman–Crippen LogP) is 3.88. The summed E-state index contributed by atoms with van der Waals surface area (Å²) in [5.41, 5.74) is 0.957. The summed E-state index contributed by atoms with van der Waals surface area (Å²) in [6.07, 6.45) is -1.11. The molecule has 0 aliphatic carbocycles. The van der Waals surface area contributed by atoms with Gasteiger partial charge in [0.15, 0.2) is 6.17 Å². The van der Waals surface area contributed by atoms with E-state index in [2.05, 4.69) is 10.6 Å². The van der Waals surface area contributed by atoms with Crippen LogP contribution in [-0.4, -0.2) is 17.9 Å². The number of halogens is 1. The number of nitrogens with one attached hydrogen (secondary N) is 2. The molecule has 4 nitrogen and oxygen atoms in total. The fourth-order valence-electron chi connectivity index (χ4n) is 2.47. The van der Waals surface area contributed by atoms with E-state index in [1.54, 1.807) is 72.8 Å². The number of para-hydroxylation sites is 1. The van der Waals surface area contributed by atoms with Crippen molar-refractivity contribution in [3.8, 4) is 0 Å². The molecule has 0 aliphatic heterocycles. The third-order valence-electron chi connectivity index (χ3n) is 3.81. The molecule has 0 heterocycles. The molecule has 0 bridgehead atoms. The van der Waals surface area contributed by atoms with Crippen LogP contribution >= 0.6 is 0 Å². The summed E-state index contributed by atoms with van der Waals surface area (Å²) < 4.78 is 14.0. The second-order valence-corrected chi connectivity index (χ2v) is 5.63. The Morgan fingerprint density at radius 3 is 1.88 bits per heavy atom. The average molecular weight is 348 g/mol. The SMILES string of the molecule is O=C(N[C@H](Nc1ccccc1F)C(=O)c1ccccc1)c1ccccc1. The Balaban J connectivity index is 1.87. The second-order valence-electron chi connectivity index (χ2n) is 5.63. The lowest BCUT2D eigenvalue weighted by atomic mass is 10.1. The number of rotatable bonds is 6. The fraction of sp³-hybridized carbons (Fsp3) is 0.0476. The van der Waals surface area contributed by atoms with Gasteiger partial charge in [-0.2, -0.15) is 0 Å². The minimum absolute atomic E-state index is 0.134. The zero-order valence-electron chi connectivity index (χ0n) is 13.9. The smallest absolute Gasteiger partial charge is 0.253 e. The molecular formula is C21H17FN2O2. The number of ketones is 1. The third kappa shape index (κ3) is 4.13. The van der Waals surface area contributed by atoms with E-state index in [0.29, 0.717) is 11.1 Å². The van der Waals surface area contributed by atoms with E-state index in [-0.39, 0.29) is 11.5 Å². The molecule has 130 valence electrons. The van der Waals surface area contributed by atoms with E-state index in [4.69, 9.17) is 0 Å². The molecule has 1 amide bonds. The molecule has 0 aliphatic rings. The van der Waals surface area contributed by atoms with Gasteiger partial charge in [0, 0.05) is 11.1 Å². The summed E-state index contributed by atoms with van der Waals surface area (Å²) in [4.78, 5) is 25.3. The first kappa shape index (κ1) is 17.4. The molecule has 1 atom stereocenters. The first-order valence-electron chi connectivity index (χ1n) is 8.11. The van der Waals surface area contributed by atoms with Crippen LogP contribution in [0.2, 0.25) is 0 Å². The van der Waals surface area contributed by atoms with Crippen molar-refractivity contribution in [2.24, 2.45) is 0 Å². The highest BCUT2D eigenvalue weighted by atomic mass is 19.1. The second kappa shape index (κ2) is 8.07. The molecule has 0 unspecified atom stereocenters. The summed E-state index contributed by atoms with van der Waals surface area (Å²) in [7, 11) is 0. The van der Waals surface area contributed by atoms with Crippen LogP contribution in [-0.2, 0) is 0 Å². The number of amides is 1. The van der Waals surface area contributed by atoms with Crippen LogP contribution in [0.4, 0.5) is 10.1 Å². The third-order valence-corrected chi connectivity index (χ3v) is 3.81. The van der Waals surface area contributed by atoms with Crippen LogP contribution in [0.25, 0.3) is 0 Å². The molecule has 5 heteroatoms. The zero-order valence-corrected chi connectivity index (χ0v) is 13.9. The van der Waals surface area contributed by atoms with E-state index >= 15 is 0 Å². The molecule has 0 fully saturated rings. The lowest BCUT2D eigenvalue weighted by molar-refractivity contribution is 0.0869. The van der Waals surface area contributed by atoms with Crippen molar-refractivity contribution in [3.63, 3.8) is 0 Å². The number of anilines is 1. The number of hydrogen-bond acceptors (Lipinski definition) is 3. The van der Waals surface area contributed by atoms with Gasteiger partial charge in [-0.1, -0.05) is 60.7 Å². The summed E-state index contributed by atoms with van der Waals surface area (Å²) in [6.45, 7) is 0. The van der Waals surface area contributed by atoms with E-state index in [0.717, 1.165) is 0 Å². The maximum absolute atomic E-state index is 14.0. The number of carbonyl (C=O) groups is 2. The molecule has 2 N–H and O–H groups in total. The van der Waals surface area contributed by atoms with Crippen LogP contribution in [0, 0.1) is 5.82 Å². The molecule has 0 saturated heterocycles. The standard InChI is InChI=1S/C21H17FN2O2/c22-17-13-7-8-14-18(17)23-20(19(25)15-9-3-1-4-10-15)24-21(26)16-11-5-2-6-12-16/h1-14,20,23H,(H,24,26)/t20-/m0/s1. The van der Waals surface area contributed by atoms with Gasteiger partial charge in [-0.3, -0.25) is 9.59 Å². The minimum Gasteiger partial charge on any atom is -0.356 e. The first-order valence-corrected chi connectivity index (χ1v) is 8.11. The Kier molecular flexibility index (Phi) is 5.39. The van der Waals surface area contributed by atoms with E-state index in [9.17, 15) is 14.0 Å². The Morgan fingerprint density at radius 2 is 1.27 bits per heavy atom. The Labute approximate surface area is 150 Å². The van der Waals surface area contributed by atoms with Crippen molar-refractivity contribution in [3.05, 3.63) is 102 Å². The lowest BCUT2D eigenvalue weighted by Crippen LogP contribution is -2.46. The Bertz CT molecular complexity index is 898. The molecular weight excluding hydrogens is 331 g/mol. The highest BCUT2D eigenvalue weighted by Crippen LogP contribution is 2.15. The van der Waals surface area contributed by atoms with E-state index < -0.39 is 17.9 Å². The highest BCUT2D eigenvalue weighted by Gasteiger charge is 2.23. The van der Waals surface area contributed by atoms with Crippen LogP contribution in [0.15, 0.2) is 84.9 Å². The van der Waals surface area contributed by atoms with Gasteiger partial charge in [0.1, 0.15) is 5.82 Å². The molecule has 3 aromatic rings. The van der Waals surface area contributed by atoms with E-state index in [1.165, 1.54) is 12.1 Å².